The Kier molecular flexibility index (Phi) is 6.37. The molecule has 18 heavy (non-hydrogen) atoms. The lowest BCUT2D eigenvalue weighted by Gasteiger charge is -2.29. The summed E-state index contributed by atoms with van der Waals surface area (Å²) in [6, 6.07) is 0. The molecule has 0 aliphatic rings. The van der Waals surface area contributed by atoms with Crippen LogP contribution in [0.1, 0.15) is 34.1 Å². The van der Waals surface area contributed by atoms with Crippen molar-refractivity contribution in [2.45, 2.75) is 45.0 Å². The van der Waals surface area contributed by atoms with Crippen molar-refractivity contribution in [2.75, 3.05) is 27.7 Å². The predicted octanol–water partition coefficient (Wildman–Crippen LogP) is 2.71. The van der Waals surface area contributed by atoms with Crippen LogP contribution in [0.15, 0.2) is 0 Å². The van der Waals surface area contributed by atoms with Crippen molar-refractivity contribution in [3.63, 3.8) is 0 Å². The fourth-order valence-corrected chi connectivity index (χ4v) is 2.17. The Morgan fingerprint density at radius 1 is 1.22 bits per heavy atom. The van der Waals surface area contributed by atoms with Gasteiger partial charge in [-0.1, -0.05) is 20.8 Å². The first-order valence-electron chi connectivity index (χ1n) is 6.08. The molecule has 4 nitrogen and oxygen atoms in total. The van der Waals surface area contributed by atoms with Gasteiger partial charge in [0, 0.05) is 11.2 Å². The van der Waals surface area contributed by atoms with Gasteiger partial charge in [0.15, 0.2) is 6.10 Å². The molecule has 0 saturated carbocycles. The number of ether oxygens (including phenoxy) is 1. The summed E-state index contributed by atoms with van der Waals surface area (Å²) in [6.07, 6.45) is -0.0590. The van der Waals surface area contributed by atoms with Gasteiger partial charge in [0.2, 0.25) is 0 Å². The maximum Gasteiger partial charge on any atom is 0.368 e. The molecule has 106 valence electrons. The van der Waals surface area contributed by atoms with Crippen molar-refractivity contribution >= 4 is 22.8 Å². The zero-order valence-electron chi connectivity index (χ0n) is 12.6. The van der Waals surface area contributed by atoms with Crippen molar-refractivity contribution in [3.8, 4) is 0 Å². The average Bonchev–Trinajstić information content (AvgIpc) is 1.92. The van der Waals surface area contributed by atoms with Gasteiger partial charge in [0.25, 0.3) is 0 Å². The fraction of sp³-hybridized carbons (Fsp3) is 0.846. The number of hydrogen-bond donors (Lipinski definition) is 0. The molecule has 0 saturated heterocycles. The summed E-state index contributed by atoms with van der Waals surface area (Å²) < 4.78 is 5.89. The highest BCUT2D eigenvalue weighted by molar-refractivity contribution is 8.14. The lowest BCUT2D eigenvalue weighted by molar-refractivity contribution is -0.873. The summed E-state index contributed by atoms with van der Waals surface area (Å²) in [5.41, 5.74) is 0. The molecule has 0 heterocycles. The minimum atomic E-state index is -0.343. The lowest BCUT2D eigenvalue weighted by Crippen LogP contribution is -2.43. The van der Waals surface area contributed by atoms with Gasteiger partial charge in [-0.05, 0) is 18.7 Å². The molecule has 0 aliphatic carbocycles. The summed E-state index contributed by atoms with van der Waals surface area (Å²) >= 11 is 1.16. The van der Waals surface area contributed by atoms with Crippen LogP contribution in [-0.2, 0) is 9.53 Å². The molecule has 0 aromatic rings. The van der Waals surface area contributed by atoms with E-state index in [0.717, 1.165) is 11.8 Å². The van der Waals surface area contributed by atoms with Crippen LogP contribution < -0.4 is 0 Å². The monoisotopic (exact) mass is 276 g/mol. The van der Waals surface area contributed by atoms with Gasteiger partial charge in [-0.2, -0.15) is 0 Å². The number of hydrogen-bond acceptors (Lipinski definition) is 4. The van der Waals surface area contributed by atoms with Gasteiger partial charge in [-0.3, -0.25) is 4.79 Å². The van der Waals surface area contributed by atoms with E-state index in [2.05, 4.69) is 0 Å². The van der Waals surface area contributed by atoms with E-state index in [1.165, 1.54) is 6.92 Å². The van der Waals surface area contributed by atoms with Crippen LogP contribution in [0.3, 0.4) is 0 Å². The molecule has 0 aromatic heterocycles. The Hall–Kier alpha value is -0.550. The second kappa shape index (κ2) is 6.57. The summed E-state index contributed by atoms with van der Waals surface area (Å²) in [5.74, 6) is 0.0435. The maximum atomic E-state index is 11.8. The quantitative estimate of drug-likeness (QED) is 0.572. The molecule has 0 fully saturated rings. The van der Waals surface area contributed by atoms with E-state index in [9.17, 15) is 9.59 Å². The van der Waals surface area contributed by atoms with Crippen molar-refractivity contribution in [2.24, 2.45) is 0 Å². The van der Waals surface area contributed by atoms with E-state index in [-0.39, 0.29) is 28.4 Å². The Balaban J connectivity index is 4.50. The van der Waals surface area contributed by atoms with Crippen molar-refractivity contribution in [1.82, 2.24) is 0 Å². The number of thioether (sulfide) groups is 1. The van der Waals surface area contributed by atoms with Gasteiger partial charge in [0.05, 0.1) is 21.1 Å². The highest BCUT2D eigenvalue weighted by atomic mass is 32.2. The second-order valence-corrected chi connectivity index (χ2v) is 8.35. The predicted molar refractivity (Wildman–Crippen MR) is 75.8 cm³/mol. The lowest BCUT2D eigenvalue weighted by atomic mass is 10.2. The molecule has 1 atom stereocenters. The first kappa shape index (κ1) is 17.4. The number of nitrogens with zero attached hydrogens (tertiary/aromatic N) is 1. The Labute approximate surface area is 115 Å². The molecule has 0 aliphatic heterocycles. The van der Waals surface area contributed by atoms with Crippen LogP contribution in [-0.4, -0.2) is 54.1 Å². The molecule has 0 bridgehead atoms. The average molecular weight is 276 g/mol. The minimum Gasteiger partial charge on any atom is -0.448 e. The SMILES string of the molecule is CC(=O)C[C@H](C[N+](C)(C)C)OC(=O)SC(C)(C)C. The normalized spacial score (nSPS) is 14.2. The zero-order valence-corrected chi connectivity index (χ0v) is 13.4. The molecule has 5 heteroatoms. The summed E-state index contributed by atoms with van der Waals surface area (Å²) in [4.78, 5) is 23.0. The Bertz CT molecular complexity index is 302. The molecule has 0 N–H and O–H groups in total. The van der Waals surface area contributed by atoms with Crippen LogP contribution in [0, 0.1) is 0 Å². The number of rotatable bonds is 5. The third-order valence-corrected chi connectivity index (χ3v) is 2.79. The van der Waals surface area contributed by atoms with Crippen molar-refractivity contribution < 1.29 is 18.8 Å². The van der Waals surface area contributed by atoms with E-state index < -0.39 is 0 Å². The number of quaternary nitrogens is 1. The summed E-state index contributed by atoms with van der Waals surface area (Å²) in [7, 11) is 6.04. The van der Waals surface area contributed by atoms with E-state index in [1.54, 1.807) is 0 Å². The van der Waals surface area contributed by atoms with E-state index in [0.29, 0.717) is 11.0 Å². The number of ketones is 1. The number of Topliss-reactive ketones (excluding diaryl/α,β-unsaturated/α-hetero) is 1. The number of likely N-dealkylation sites (N-methyl/N-ethyl adjacent to an activating group) is 1. The van der Waals surface area contributed by atoms with Gasteiger partial charge in [-0.25, -0.2) is 4.79 Å². The molecular weight excluding hydrogens is 250 g/mol. The van der Waals surface area contributed by atoms with Gasteiger partial charge in [-0.15, -0.1) is 0 Å². The molecule has 0 radical (unpaired) electrons. The van der Waals surface area contributed by atoms with Gasteiger partial charge >= 0.3 is 5.30 Å². The number of carbonyl (C=O) groups excluding carboxylic acids is 2. The second-order valence-electron chi connectivity index (χ2n) is 6.58. The van der Waals surface area contributed by atoms with Crippen LogP contribution >= 0.6 is 11.8 Å². The highest BCUT2D eigenvalue weighted by Gasteiger charge is 2.26. The topological polar surface area (TPSA) is 43.4 Å². The molecular formula is C13H26NO3S+. The molecule has 0 aromatic carbocycles. The number of carbonyl (C=O) groups is 2. The summed E-state index contributed by atoms with van der Waals surface area (Å²) in [5, 5.41) is -0.304. The van der Waals surface area contributed by atoms with E-state index in [1.807, 2.05) is 41.9 Å². The van der Waals surface area contributed by atoms with Gasteiger partial charge in [0.1, 0.15) is 12.3 Å². The van der Waals surface area contributed by atoms with Crippen LogP contribution in [0.5, 0.6) is 0 Å². The first-order valence-corrected chi connectivity index (χ1v) is 6.90. The van der Waals surface area contributed by atoms with E-state index in [4.69, 9.17) is 4.74 Å². The molecule has 0 amide bonds. The Morgan fingerprint density at radius 2 is 1.72 bits per heavy atom. The van der Waals surface area contributed by atoms with Crippen LogP contribution in [0.4, 0.5) is 4.79 Å². The first-order chi connectivity index (χ1) is 7.89. The van der Waals surface area contributed by atoms with Crippen molar-refractivity contribution in [1.29, 1.82) is 0 Å². The molecule has 0 rings (SSSR count). The fourth-order valence-electron chi connectivity index (χ4n) is 1.49. The highest BCUT2D eigenvalue weighted by Crippen LogP contribution is 2.26. The zero-order chi connectivity index (χ0) is 14.6. The third-order valence-electron chi connectivity index (χ3n) is 1.92. The standard InChI is InChI=1S/C13H26NO3S/c1-10(15)8-11(9-14(5,6)7)17-12(16)18-13(2,3)4/h11H,8-9H2,1-7H3/q+1/t11-/m1/s1. The minimum absolute atomic E-state index is 0.0435. The largest absolute Gasteiger partial charge is 0.448 e. The maximum absolute atomic E-state index is 11.8. The Morgan fingerprint density at radius 3 is 2.06 bits per heavy atom. The van der Waals surface area contributed by atoms with Crippen LogP contribution in [0.2, 0.25) is 0 Å². The molecule has 0 spiro atoms. The van der Waals surface area contributed by atoms with Gasteiger partial charge < -0.3 is 9.22 Å². The van der Waals surface area contributed by atoms with Crippen LogP contribution in [0.25, 0.3) is 0 Å². The molecule has 0 unspecified atom stereocenters. The third kappa shape index (κ3) is 10.6. The van der Waals surface area contributed by atoms with Crippen molar-refractivity contribution in [3.05, 3.63) is 0 Å². The summed E-state index contributed by atoms with van der Waals surface area (Å²) in [6.45, 7) is 8.03. The smallest absolute Gasteiger partial charge is 0.368 e. The van der Waals surface area contributed by atoms with E-state index >= 15 is 0 Å².